The fourth-order valence-electron chi connectivity index (χ4n) is 3.05. The minimum absolute atomic E-state index is 0.600. The summed E-state index contributed by atoms with van der Waals surface area (Å²) in [5.41, 5.74) is 2.25. The molecule has 0 atom stereocenters. The van der Waals surface area contributed by atoms with E-state index in [2.05, 4.69) is 34.3 Å². The number of halogens is 2. The first-order valence-corrected chi connectivity index (χ1v) is 10.8. The number of hydrogen-bond donors (Lipinski definition) is 0. The van der Waals surface area contributed by atoms with E-state index in [-0.39, 0.29) is 0 Å². The second-order valence-electron chi connectivity index (χ2n) is 5.88. The number of aromatic nitrogens is 1. The van der Waals surface area contributed by atoms with Crippen molar-refractivity contribution in [1.82, 2.24) is 4.98 Å². The van der Waals surface area contributed by atoms with Gasteiger partial charge in [-0.1, -0.05) is 40.6 Å². The van der Waals surface area contributed by atoms with Crippen molar-refractivity contribution in [2.24, 2.45) is 0 Å². The van der Waals surface area contributed by atoms with Crippen molar-refractivity contribution in [1.29, 1.82) is 0 Å². The smallest absolute Gasteiger partial charge is 0.186 e. The van der Waals surface area contributed by atoms with Crippen molar-refractivity contribution >= 4 is 67.3 Å². The third-order valence-corrected chi connectivity index (χ3v) is 7.00. The largest absolute Gasteiger partial charge is 0.368 e. The SMILES string of the molecule is CSc1cccc2sc(N3CCN(c4ccc(Cl)c(Cl)c4)CC3)nc12. The molecule has 0 spiro atoms. The van der Waals surface area contributed by atoms with Gasteiger partial charge in [0.15, 0.2) is 5.13 Å². The molecule has 7 heteroatoms. The maximum atomic E-state index is 6.15. The van der Waals surface area contributed by atoms with Gasteiger partial charge in [0.2, 0.25) is 0 Å². The molecule has 1 aliphatic rings. The Labute approximate surface area is 165 Å². The molecule has 1 saturated heterocycles. The van der Waals surface area contributed by atoms with E-state index < -0.39 is 0 Å². The summed E-state index contributed by atoms with van der Waals surface area (Å²) in [5.74, 6) is 0. The maximum absolute atomic E-state index is 6.15. The van der Waals surface area contributed by atoms with Gasteiger partial charge in [0.1, 0.15) is 0 Å². The Morgan fingerprint density at radius 2 is 1.76 bits per heavy atom. The van der Waals surface area contributed by atoms with Crippen molar-refractivity contribution in [2.45, 2.75) is 4.90 Å². The van der Waals surface area contributed by atoms with Gasteiger partial charge in [0.25, 0.3) is 0 Å². The van der Waals surface area contributed by atoms with E-state index in [1.165, 1.54) is 9.60 Å². The van der Waals surface area contributed by atoms with Gasteiger partial charge in [-0.2, -0.15) is 0 Å². The lowest BCUT2D eigenvalue weighted by atomic mass is 10.2. The molecule has 4 rings (SSSR count). The molecule has 0 radical (unpaired) electrons. The summed E-state index contributed by atoms with van der Waals surface area (Å²) in [5, 5.41) is 2.32. The third-order valence-electron chi connectivity index (χ3n) is 4.41. The number of thiazole rings is 1. The number of thioether (sulfide) groups is 1. The molecule has 0 bridgehead atoms. The monoisotopic (exact) mass is 409 g/mol. The molecule has 0 amide bonds. The molecule has 2 aromatic carbocycles. The number of anilines is 2. The molecule has 0 aliphatic carbocycles. The summed E-state index contributed by atoms with van der Waals surface area (Å²) in [6.07, 6.45) is 2.10. The lowest BCUT2D eigenvalue weighted by molar-refractivity contribution is 0.652. The highest BCUT2D eigenvalue weighted by molar-refractivity contribution is 7.98. The standard InChI is InChI=1S/C18H17Cl2N3S2/c1-24-15-3-2-4-16-17(15)21-18(25-16)23-9-7-22(8-10-23)12-5-6-13(19)14(20)11-12/h2-6,11H,7-10H2,1H3. The minimum Gasteiger partial charge on any atom is -0.368 e. The second-order valence-corrected chi connectivity index (χ2v) is 8.55. The van der Waals surface area contributed by atoms with E-state index in [9.17, 15) is 0 Å². The Kier molecular flexibility index (Phi) is 5.00. The summed E-state index contributed by atoms with van der Waals surface area (Å²) in [6, 6.07) is 12.2. The van der Waals surface area contributed by atoms with Crippen LogP contribution in [0.4, 0.5) is 10.8 Å². The minimum atomic E-state index is 0.600. The van der Waals surface area contributed by atoms with Crippen LogP contribution in [0.5, 0.6) is 0 Å². The number of nitrogens with zero attached hydrogens (tertiary/aromatic N) is 3. The molecule has 25 heavy (non-hydrogen) atoms. The first-order chi connectivity index (χ1) is 12.2. The van der Waals surface area contributed by atoms with E-state index in [4.69, 9.17) is 28.2 Å². The molecular formula is C18H17Cl2N3S2. The number of hydrogen-bond acceptors (Lipinski definition) is 5. The zero-order valence-electron chi connectivity index (χ0n) is 13.7. The lowest BCUT2D eigenvalue weighted by Gasteiger charge is -2.36. The van der Waals surface area contributed by atoms with E-state index in [0.717, 1.165) is 42.5 Å². The van der Waals surface area contributed by atoms with E-state index in [1.54, 1.807) is 23.1 Å². The molecule has 3 nitrogen and oxygen atoms in total. The fourth-order valence-corrected chi connectivity index (χ4v) is 5.01. The van der Waals surface area contributed by atoms with Gasteiger partial charge in [-0.25, -0.2) is 4.98 Å². The molecule has 1 aromatic heterocycles. The summed E-state index contributed by atoms with van der Waals surface area (Å²) >= 11 is 15.7. The van der Waals surface area contributed by atoms with Gasteiger partial charge in [-0.15, -0.1) is 11.8 Å². The number of benzene rings is 2. The van der Waals surface area contributed by atoms with Crippen LogP contribution in [0.2, 0.25) is 10.0 Å². The predicted octanol–water partition coefficient (Wildman–Crippen LogP) is 5.65. The summed E-state index contributed by atoms with van der Waals surface area (Å²) in [6.45, 7) is 3.80. The van der Waals surface area contributed by atoms with E-state index in [1.807, 2.05) is 18.2 Å². The van der Waals surface area contributed by atoms with E-state index in [0.29, 0.717) is 10.0 Å². The molecular weight excluding hydrogens is 393 g/mol. The Morgan fingerprint density at radius 3 is 2.48 bits per heavy atom. The molecule has 130 valence electrons. The Bertz CT molecular complexity index is 904. The summed E-state index contributed by atoms with van der Waals surface area (Å²) in [4.78, 5) is 10.9. The Morgan fingerprint density at radius 1 is 1.00 bits per heavy atom. The fraction of sp³-hybridized carbons (Fsp3) is 0.278. The highest BCUT2D eigenvalue weighted by Gasteiger charge is 2.21. The van der Waals surface area contributed by atoms with Crippen molar-refractivity contribution in [3.8, 4) is 0 Å². The maximum Gasteiger partial charge on any atom is 0.186 e. The number of piperazine rings is 1. The van der Waals surface area contributed by atoms with E-state index >= 15 is 0 Å². The Balaban J connectivity index is 1.51. The molecule has 1 aliphatic heterocycles. The molecule has 3 aromatic rings. The van der Waals surface area contributed by atoms with Crippen molar-refractivity contribution in [3.63, 3.8) is 0 Å². The van der Waals surface area contributed by atoms with Crippen LogP contribution >= 0.6 is 46.3 Å². The van der Waals surface area contributed by atoms with Crippen molar-refractivity contribution in [3.05, 3.63) is 46.4 Å². The second kappa shape index (κ2) is 7.23. The van der Waals surface area contributed by atoms with Gasteiger partial charge in [0.05, 0.1) is 20.3 Å². The predicted molar refractivity (Wildman–Crippen MR) is 112 cm³/mol. The zero-order chi connectivity index (χ0) is 17.4. The Hall–Kier alpha value is -1.14. The highest BCUT2D eigenvalue weighted by Crippen LogP contribution is 2.35. The molecule has 2 heterocycles. The highest BCUT2D eigenvalue weighted by atomic mass is 35.5. The van der Waals surface area contributed by atoms with Crippen LogP contribution in [-0.4, -0.2) is 37.4 Å². The summed E-state index contributed by atoms with van der Waals surface area (Å²) < 4.78 is 1.26. The number of fused-ring (bicyclic) bond motifs is 1. The first kappa shape index (κ1) is 17.3. The van der Waals surface area contributed by atoms with Gasteiger partial charge < -0.3 is 9.80 Å². The van der Waals surface area contributed by atoms with Crippen molar-refractivity contribution < 1.29 is 0 Å². The van der Waals surface area contributed by atoms with Crippen LogP contribution in [-0.2, 0) is 0 Å². The van der Waals surface area contributed by atoms with Crippen LogP contribution in [0.15, 0.2) is 41.3 Å². The molecule has 0 N–H and O–H groups in total. The van der Waals surface area contributed by atoms with Gasteiger partial charge >= 0.3 is 0 Å². The normalized spacial score (nSPS) is 15.2. The molecule has 0 unspecified atom stereocenters. The molecule has 1 fully saturated rings. The first-order valence-electron chi connectivity index (χ1n) is 8.04. The van der Waals surface area contributed by atoms with Gasteiger partial charge in [-0.3, -0.25) is 0 Å². The average molecular weight is 410 g/mol. The molecule has 0 saturated carbocycles. The third kappa shape index (κ3) is 3.43. The van der Waals surface area contributed by atoms with Crippen LogP contribution in [0.1, 0.15) is 0 Å². The topological polar surface area (TPSA) is 19.4 Å². The van der Waals surface area contributed by atoms with Gasteiger partial charge in [0, 0.05) is 36.8 Å². The van der Waals surface area contributed by atoms with Gasteiger partial charge in [-0.05, 0) is 36.6 Å². The van der Waals surface area contributed by atoms with Crippen LogP contribution < -0.4 is 9.80 Å². The van der Waals surface area contributed by atoms with Crippen LogP contribution in [0, 0.1) is 0 Å². The number of para-hydroxylation sites is 1. The van der Waals surface area contributed by atoms with Crippen LogP contribution in [0.25, 0.3) is 10.2 Å². The zero-order valence-corrected chi connectivity index (χ0v) is 16.9. The van der Waals surface area contributed by atoms with Crippen LogP contribution in [0.3, 0.4) is 0 Å². The van der Waals surface area contributed by atoms with Crippen molar-refractivity contribution in [2.75, 3.05) is 42.2 Å². The number of rotatable bonds is 3. The lowest BCUT2D eigenvalue weighted by Crippen LogP contribution is -2.46. The quantitative estimate of drug-likeness (QED) is 0.520. The average Bonchev–Trinajstić information content (AvgIpc) is 3.08. The summed E-state index contributed by atoms with van der Waals surface area (Å²) in [7, 11) is 0.